The van der Waals surface area contributed by atoms with E-state index in [2.05, 4.69) is 5.32 Å². The molecule has 0 atom stereocenters. The molecule has 6 nitrogen and oxygen atoms in total. The van der Waals surface area contributed by atoms with Crippen molar-refractivity contribution in [3.05, 3.63) is 29.3 Å². The highest BCUT2D eigenvalue weighted by Gasteiger charge is 2.28. The Morgan fingerprint density at radius 3 is 2.35 bits per heavy atom. The van der Waals surface area contributed by atoms with Crippen LogP contribution in [0.2, 0.25) is 0 Å². The molecule has 0 saturated heterocycles. The van der Waals surface area contributed by atoms with Crippen LogP contribution in [0, 0.1) is 13.8 Å². The molecule has 0 heterocycles. The second-order valence-electron chi connectivity index (χ2n) is 4.76. The van der Waals surface area contributed by atoms with Crippen molar-refractivity contribution in [1.29, 1.82) is 0 Å². The van der Waals surface area contributed by atoms with Crippen LogP contribution < -0.4 is 9.62 Å². The summed E-state index contributed by atoms with van der Waals surface area (Å²) in [4.78, 5) is 11.6. The first-order chi connectivity index (χ1) is 9.20. The number of carbonyl (C=O) groups is 1. The van der Waals surface area contributed by atoms with Crippen LogP contribution in [0.1, 0.15) is 11.1 Å². The summed E-state index contributed by atoms with van der Waals surface area (Å²) < 4.78 is 27.0. The summed E-state index contributed by atoms with van der Waals surface area (Å²) >= 11 is 0. The Morgan fingerprint density at radius 2 is 1.85 bits per heavy atom. The molecule has 0 unspecified atom stereocenters. The number of aryl methyl sites for hydroxylation is 2. The van der Waals surface area contributed by atoms with Crippen LogP contribution in [-0.2, 0) is 15.0 Å². The summed E-state index contributed by atoms with van der Waals surface area (Å²) in [6, 6.07) is 5.51. The standard InChI is InChI=1S/C13H21N3O3S/c1-10-6-7-11(2)12(8-10)16(9-13(17)14-3)20(18,19)15(4)5/h6-8H,9H2,1-5H3,(H,14,17). The van der Waals surface area contributed by atoms with E-state index < -0.39 is 10.2 Å². The van der Waals surface area contributed by atoms with Gasteiger partial charge in [0.15, 0.2) is 0 Å². The number of hydrogen-bond donors (Lipinski definition) is 1. The number of nitrogens with zero attached hydrogens (tertiary/aromatic N) is 2. The Hall–Kier alpha value is -1.60. The van der Waals surface area contributed by atoms with Crippen LogP contribution in [-0.4, -0.2) is 46.3 Å². The second-order valence-corrected chi connectivity index (χ2v) is 6.83. The SMILES string of the molecule is CNC(=O)CN(c1cc(C)ccc1C)S(=O)(=O)N(C)C. The van der Waals surface area contributed by atoms with Gasteiger partial charge in [-0.05, 0) is 31.0 Å². The first-order valence-electron chi connectivity index (χ1n) is 6.18. The van der Waals surface area contributed by atoms with Crippen molar-refractivity contribution in [3.63, 3.8) is 0 Å². The summed E-state index contributed by atoms with van der Waals surface area (Å²) in [7, 11) is 0.631. The Balaban J connectivity index is 3.38. The summed E-state index contributed by atoms with van der Waals surface area (Å²) in [5, 5.41) is 2.45. The second kappa shape index (κ2) is 6.23. The molecular formula is C13H21N3O3S. The first-order valence-corrected chi connectivity index (χ1v) is 7.58. The van der Waals surface area contributed by atoms with Crippen molar-refractivity contribution in [3.8, 4) is 0 Å². The Kier molecular flexibility index (Phi) is 5.13. The van der Waals surface area contributed by atoms with Crippen molar-refractivity contribution in [2.24, 2.45) is 0 Å². The van der Waals surface area contributed by atoms with Gasteiger partial charge in [0.1, 0.15) is 6.54 Å². The third-order valence-electron chi connectivity index (χ3n) is 2.94. The fourth-order valence-electron chi connectivity index (χ4n) is 1.69. The topological polar surface area (TPSA) is 69.7 Å². The molecule has 1 aromatic rings. The van der Waals surface area contributed by atoms with Gasteiger partial charge in [0.05, 0.1) is 5.69 Å². The minimum absolute atomic E-state index is 0.249. The molecule has 7 heteroatoms. The zero-order valence-corrected chi connectivity index (χ0v) is 13.3. The molecule has 0 saturated carbocycles. The van der Waals surface area contributed by atoms with Gasteiger partial charge in [0, 0.05) is 21.1 Å². The van der Waals surface area contributed by atoms with Crippen LogP contribution in [0.25, 0.3) is 0 Å². The molecule has 1 N–H and O–H groups in total. The number of nitrogens with one attached hydrogen (secondary N) is 1. The van der Waals surface area contributed by atoms with E-state index in [1.165, 1.54) is 21.1 Å². The van der Waals surface area contributed by atoms with Crippen LogP contribution in [0.5, 0.6) is 0 Å². The predicted molar refractivity (Wildman–Crippen MR) is 79.9 cm³/mol. The van der Waals surface area contributed by atoms with E-state index in [1.54, 1.807) is 6.07 Å². The minimum Gasteiger partial charge on any atom is -0.358 e. The lowest BCUT2D eigenvalue weighted by Crippen LogP contribution is -2.45. The lowest BCUT2D eigenvalue weighted by atomic mass is 10.1. The fraction of sp³-hybridized carbons (Fsp3) is 0.462. The maximum Gasteiger partial charge on any atom is 0.304 e. The minimum atomic E-state index is -3.73. The quantitative estimate of drug-likeness (QED) is 0.868. The highest BCUT2D eigenvalue weighted by Crippen LogP contribution is 2.24. The number of amides is 1. The van der Waals surface area contributed by atoms with Gasteiger partial charge >= 0.3 is 10.2 Å². The Morgan fingerprint density at radius 1 is 1.25 bits per heavy atom. The number of likely N-dealkylation sites (N-methyl/N-ethyl adjacent to an activating group) is 1. The zero-order valence-electron chi connectivity index (χ0n) is 12.5. The first kappa shape index (κ1) is 16.5. The van der Waals surface area contributed by atoms with Crippen molar-refractivity contribution in [1.82, 2.24) is 9.62 Å². The largest absolute Gasteiger partial charge is 0.358 e. The highest BCUT2D eigenvalue weighted by molar-refractivity contribution is 7.90. The fourth-order valence-corrected chi connectivity index (χ4v) is 2.81. The molecule has 1 amide bonds. The number of benzene rings is 1. The summed E-state index contributed by atoms with van der Waals surface area (Å²) in [6.07, 6.45) is 0. The summed E-state index contributed by atoms with van der Waals surface area (Å²) in [5.41, 5.74) is 2.24. The number of hydrogen-bond acceptors (Lipinski definition) is 3. The van der Waals surface area contributed by atoms with Crippen molar-refractivity contribution < 1.29 is 13.2 Å². The average molecular weight is 299 g/mol. The molecule has 0 aliphatic carbocycles. The van der Waals surface area contributed by atoms with Crippen LogP contribution >= 0.6 is 0 Å². The highest BCUT2D eigenvalue weighted by atomic mass is 32.2. The summed E-state index contributed by atoms with van der Waals surface area (Å²) in [6.45, 7) is 3.45. The van der Waals surface area contributed by atoms with Gasteiger partial charge in [-0.25, -0.2) is 4.31 Å². The van der Waals surface area contributed by atoms with Gasteiger partial charge in [0.25, 0.3) is 0 Å². The van der Waals surface area contributed by atoms with E-state index in [0.29, 0.717) is 5.69 Å². The lowest BCUT2D eigenvalue weighted by Gasteiger charge is -2.28. The van der Waals surface area contributed by atoms with Gasteiger partial charge in [-0.3, -0.25) is 4.79 Å². The van der Waals surface area contributed by atoms with E-state index in [9.17, 15) is 13.2 Å². The van der Waals surface area contributed by atoms with E-state index >= 15 is 0 Å². The smallest absolute Gasteiger partial charge is 0.304 e. The summed E-state index contributed by atoms with van der Waals surface area (Å²) in [5.74, 6) is -0.365. The van der Waals surface area contributed by atoms with Crippen molar-refractivity contribution in [2.75, 3.05) is 32.0 Å². The van der Waals surface area contributed by atoms with E-state index in [0.717, 1.165) is 19.7 Å². The molecule has 20 heavy (non-hydrogen) atoms. The number of rotatable bonds is 5. The van der Waals surface area contributed by atoms with Gasteiger partial charge in [0.2, 0.25) is 5.91 Å². The average Bonchev–Trinajstić information content (AvgIpc) is 2.38. The van der Waals surface area contributed by atoms with Crippen LogP contribution in [0.4, 0.5) is 5.69 Å². The third-order valence-corrected chi connectivity index (χ3v) is 4.75. The molecule has 0 fully saturated rings. The predicted octanol–water partition coefficient (Wildman–Crippen LogP) is 0.662. The van der Waals surface area contributed by atoms with Crippen LogP contribution in [0.15, 0.2) is 18.2 Å². The molecule has 0 spiro atoms. The zero-order chi connectivity index (χ0) is 15.5. The monoisotopic (exact) mass is 299 g/mol. The molecule has 1 rings (SSSR count). The molecule has 0 bridgehead atoms. The third kappa shape index (κ3) is 3.49. The van der Waals surface area contributed by atoms with E-state index in [4.69, 9.17) is 0 Å². The molecule has 0 aliphatic heterocycles. The van der Waals surface area contributed by atoms with Gasteiger partial charge < -0.3 is 5.32 Å². The molecule has 0 aromatic heterocycles. The Bertz CT molecular complexity index is 597. The van der Waals surface area contributed by atoms with Gasteiger partial charge in [-0.2, -0.15) is 12.7 Å². The number of carbonyl (C=O) groups excluding carboxylic acids is 1. The van der Waals surface area contributed by atoms with Crippen molar-refractivity contribution >= 4 is 21.8 Å². The molecule has 112 valence electrons. The van der Waals surface area contributed by atoms with E-state index in [-0.39, 0.29) is 12.5 Å². The van der Waals surface area contributed by atoms with Gasteiger partial charge in [-0.1, -0.05) is 12.1 Å². The molecular weight excluding hydrogens is 278 g/mol. The molecule has 0 aliphatic rings. The van der Waals surface area contributed by atoms with Gasteiger partial charge in [-0.15, -0.1) is 0 Å². The van der Waals surface area contributed by atoms with E-state index in [1.807, 2.05) is 26.0 Å². The van der Waals surface area contributed by atoms with Crippen molar-refractivity contribution in [2.45, 2.75) is 13.8 Å². The molecule has 0 radical (unpaired) electrons. The van der Waals surface area contributed by atoms with Crippen LogP contribution in [0.3, 0.4) is 0 Å². The lowest BCUT2D eigenvalue weighted by molar-refractivity contribution is -0.119. The maximum atomic E-state index is 12.4. The number of anilines is 1. The maximum absolute atomic E-state index is 12.4. The normalized spacial score (nSPS) is 11.5. The Labute approximate surface area is 120 Å². The molecule has 1 aromatic carbocycles.